The van der Waals surface area contributed by atoms with Gasteiger partial charge in [0.15, 0.2) is 6.29 Å². The zero-order chi connectivity index (χ0) is 54.2. The first kappa shape index (κ1) is 60.5. The first-order chi connectivity index (χ1) is 32.4. The van der Waals surface area contributed by atoms with Gasteiger partial charge in [-0.15, -0.1) is 0 Å². The van der Waals surface area contributed by atoms with Crippen LogP contribution in [0.15, 0.2) is 11.8 Å². The fraction of sp³-hybridized carbons (Fsp3) is 0.826. The van der Waals surface area contributed by atoms with Crippen LogP contribution in [0.4, 0.5) is 19.2 Å². The van der Waals surface area contributed by atoms with E-state index in [4.69, 9.17) is 43.6 Å². The highest BCUT2D eigenvalue weighted by Gasteiger charge is 2.55. The largest absolute Gasteiger partial charge is 0.466 e. The second-order valence-corrected chi connectivity index (χ2v) is 22.2. The number of aliphatic hydroxyl groups is 4. The number of carbonyl (C=O) groups excluding carboxylic acids is 6. The minimum Gasteiger partial charge on any atom is -0.466 e. The van der Waals surface area contributed by atoms with Gasteiger partial charge in [0.05, 0.1) is 37.3 Å². The summed E-state index contributed by atoms with van der Waals surface area (Å²) in [6, 6.07) is -6.25. The van der Waals surface area contributed by atoms with Gasteiger partial charge < -0.3 is 95.5 Å². The van der Waals surface area contributed by atoms with Gasteiger partial charge >= 0.3 is 24.4 Å². The van der Waals surface area contributed by atoms with E-state index >= 15 is 0 Å². The van der Waals surface area contributed by atoms with E-state index in [2.05, 4.69) is 26.6 Å². The minimum atomic E-state index is -1.93. The van der Waals surface area contributed by atoms with Crippen molar-refractivity contribution in [3.8, 4) is 0 Å². The average molecular weight is 1020 g/mol. The van der Waals surface area contributed by atoms with Crippen molar-refractivity contribution in [2.45, 2.75) is 218 Å². The van der Waals surface area contributed by atoms with E-state index in [1.165, 1.54) is 20.9 Å². The third-order valence-corrected chi connectivity index (χ3v) is 10.7. The highest BCUT2D eigenvalue weighted by Crippen LogP contribution is 2.35. The Balaban J connectivity index is 2.08. The summed E-state index contributed by atoms with van der Waals surface area (Å²) in [5.74, 6) is -1.44. The van der Waals surface area contributed by atoms with E-state index < -0.39 is 144 Å². The predicted octanol–water partition coefficient (Wildman–Crippen LogP) is 0.866. The van der Waals surface area contributed by atoms with Crippen LogP contribution in [0.2, 0.25) is 0 Å². The molecule has 0 aromatic rings. The predicted molar refractivity (Wildman–Crippen MR) is 252 cm³/mol. The highest BCUT2D eigenvalue weighted by molar-refractivity contribution is 5.85. The number of nitrogens with one attached hydrogen (secondary N) is 5. The third-order valence-electron chi connectivity index (χ3n) is 10.7. The molecular formula is C46H81N7O18. The van der Waals surface area contributed by atoms with Crippen LogP contribution >= 0.6 is 0 Å². The third kappa shape index (κ3) is 19.3. The fourth-order valence-electron chi connectivity index (χ4n) is 7.69. The molecule has 6 amide bonds. The van der Waals surface area contributed by atoms with Gasteiger partial charge in [0.2, 0.25) is 18.1 Å². The number of ether oxygens (including phenoxy) is 8. The molecule has 0 aromatic heterocycles. The summed E-state index contributed by atoms with van der Waals surface area (Å²) >= 11 is 0. The number of nitrogens with zero attached hydrogens (tertiary/aromatic N) is 1. The van der Waals surface area contributed by atoms with Crippen LogP contribution in [0.25, 0.3) is 0 Å². The zero-order valence-electron chi connectivity index (χ0n) is 43.8. The van der Waals surface area contributed by atoms with Crippen LogP contribution < -0.4 is 32.3 Å². The normalized spacial score (nSPS) is 29.1. The van der Waals surface area contributed by atoms with Gasteiger partial charge in [-0.2, -0.15) is 0 Å². The molecule has 3 rings (SSSR count). The minimum absolute atomic E-state index is 0.0724. The highest BCUT2D eigenvalue weighted by atomic mass is 16.7. The van der Waals surface area contributed by atoms with Gasteiger partial charge in [-0.25, -0.2) is 19.2 Å². The molecule has 2 aliphatic heterocycles. The van der Waals surface area contributed by atoms with Crippen molar-refractivity contribution in [1.82, 2.24) is 31.5 Å². The topological polar surface area (TPSA) is 347 Å². The SMILES string of the molecule is CC(NC(=O)OC(C)(C)C)C(=O)N[C@@H]1CC=C(CN)O[C@@H]1O[C@H]1[C@H](O)[C@@H](O[C@H]2OC[C@](C)(O)[C@H](N(C)C(=O)OC(C)(C)C)[C@H]2O)[C@H](NC(=O)[C@@H](O)CCNC(=O)OC(C)(C)C)C[C@@H]1NC(=O)OC(C)(C)C. The van der Waals surface area contributed by atoms with Gasteiger partial charge in [0, 0.05) is 13.6 Å². The Morgan fingerprint density at radius 3 is 1.82 bits per heavy atom. The second-order valence-electron chi connectivity index (χ2n) is 22.2. The number of alkyl carbamates (subject to hydrolysis) is 3. The van der Waals surface area contributed by atoms with Gasteiger partial charge in [-0.05, 0) is 122 Å². The smallest absolute Gasteiger partial charge is 0.410 e. The van der Waals surface area contributed by atoms with Gasteiger partial charge in [-0.3, -0.25) is 9.59 Å². The maximum absolute atomic E-state index is 13.8. The number of aliphatic hydroxyl groups excluding tert-OH is 3. The van der Waals surface area contributed by atoms with Crippen molar-refractivity contribution >= 4 is 36.2 Å². The molecule has 0 bridgehead atoms. The monoisotopic (exact) mass is 1020 g/mol. The van der Waals surface area contributed by atoms with Crippen LogP contribution in [-0.4, -0.2) is 190 Å². The molecule has 0 radical (unpaired) electrons. The molecule has 1 saturated heterocycles. The van der Waals surface area contributed by atoms with Crippen LogP contribution in [0, 0.1) is 0 Å². The Labute approximate surface area is 415 Å². The lowest BCUT2D eigenvalue weighted by Gasteiger charge is -2.50. The van der Waals surface area contributed by atoms with E-state index in [1.54, 1.807) is 89.2 Å². The number of carbonyl (C=O) groups is 6. The fourth-order valence-corrected chi connectivity index (χ4v) is 7.69. The summed E-state index contributed by atoms with van der Waals surface area (Å²) in [4.78, 5) is 79.9. The molecule has 0 spiro atoms. The molecule has 2 fully saturated rings. The van der Waals surface area contributed by atoms with Gasteiger partial charge in [0.1, 0.15) is 70.3 Å². The molecule has 11 N–H and O–H groups in total. The molecular weight excluding hydrogens is 939 g/mol. The standard InChI is InChI=1S/C46H81N7O18/c1-23(49-39(60)69-43(5,6)7)34(57)50-25-17-16-24(21-47)65-36(25)66-32-27(52-40(61)70-44(8,9)10)20-26(51-35(58)28(54)18-19-48-38(59)68-42(2,3)4)31(29(32)55)67-37-30(56)33(46(14,63)22-64-37)53(15)41(62)71-45(11,12)13/h16,23,25-33,36-37,54-56,63H,17-22,47H2,1-15H3,(H,48,59)(H,49,60)(H,50,57)(H,51,58)(H,52,61)/t23?,25-,26-,27+,28+,29-,30-,31+,32-,33-,36-,37-,46+/m1/s1. The summed E-state index contributed by atoms with van der Waals surface area (Å²) in [5, 5.41) is 59.9. The number of amides is 6. The summed E-state index contributed by atoms with van der Waals surface area (Å²) in [6.45, 7) is 21.6. The molecule has 25 nitrogen and oxygen atoms in total. The lowest BCUT2D eigenvalue weighted by Crippen LogP contribution is -2.71. The van der Waals surface area contributed by atoms with E-state index in [-0.39, 0.29) is 38.1 Å². The van der Waals surface area contributed by atoms with Crippen molar-refractivity contribution in [2.75, 3.05) is 26.7 Å². The molecule has 1 saturated carbocycles. The Morgan fingerprint density at radius 2 is 1.27 bits per heavy atom. The first-order valence-corrected chi connectivity index (χ1v) is 23.7. The molecule has 13 atom stereocenters. The Morgan fingerprint density at radius 1 is 0.761 bits per heavy atom. The quantitative estimate of drug-likeness (QED) is 0.102. The molecule has 1 aliphatic carbocycles. The van der Waals surface area contributed by atoms with Crippen LogP contribution in [-0.2, 0) is 47.5 Å². The van der Waals surface area contributed by atoms with Crippen LogP contribution in [0.5, 0.6) is 0 Å². The Hall–Kier alpha value is -4.76. The van der Waals surface area contributed by atoms with Crippen LogP contribution in [0.1, 0.15) is 116 Å². The Bertz CT molecular complexity index is 1880. The maximum atomic E-state index is 13.8. The summed E-state index contributed by atoms with van der Waals surface area (Å²) in [7, 11) is 1.30. The van der Waals surface area contributed by atoms with Crippen LogP contribution in [0.3, 0.4) is 0 Å². The number of hydrogen-bond donors (Lipinski definition) is 10. The Kier molecular flexibility index (Phi) is 20.7. The van der Waals surface area contributed by atoms with E-state index in [1.807, 2.05) is 0 Å². The van der Waals surface area contributed by atoms with Crippen molar-refractivity contribution in [3.05, 3.63) is 11.8 Å². The number of rotatable bonds is 15. The second kappa shape index (κ2) is 24.3. The van der Waals surface area contributed by atoms with Crippen molar-refractivity contribution in [3.63, 3.8) is 0 Å². The summed E-state index contributed by atoms with van der Waals surface area (Å²) in [5.41, 5.74) is 0.418. The lowest BCUT2D eigenvalue weighted by molar-refractivity contribution is -0.311. The molecule has 3 aliphatic rings. The molecule has 408 valence electrons. The zero-order valence-corrected chi connectivity index (χ0v) is 43.8. The van der Waals surface area contributed by atoms with E-state index in [0.717, 1.165) is 4.90 Å². The van der Waals surface area contributed by atoms with Crippen molar-refractivity contribution < 1.29 is 87.1 Å². The molecule has 25 heteroatoms. The van der Waals surface area contributed by atoms with E-state index in [0.29, 0.717) is 0 Å². The molecule has 1 unspecified atom stereocenters. The molecule has 0 aromatic carbocycles. The van der Waals surface area contributed by atoms with E-state index in [9.17, 15) is 49.2 Å². The average Bonchev–Trinajstić information content (AvgIpc) is 3.18. The first-order valence-electron chi connectivity index (χ1n) is 23.7. The van der Waals surface area contributed by atoms with Crippen molar-refractivity contribution in [2.24, 2.45) is 5.73 Å². The number of hydrogen-bond acceptors (Lipinski definition) is 19. The molecule has 2 heterocycles. The maximum Gasteiger partial charge on any atom is 0.410 e. The number of likely N-dealkylation sites (N-methyl/N-ethyl adjacent to an activating group) is 1. The summed E-state index contributed by atoms with van der Waals surface area (Å²) < 4.78 is 46.4. The van der Waals surface area contributed by atoms with Gasteiger partial charge in [0.25, 0.3) is 0 Å². The van der Waals surface area contributed by atoms with Crippen molar-refractivity contribution in [1.29, 1.82) is 0 Å². The molecule has 71 heavy (non-hydrogen) atoms. The van der Waals surface area contributed by atoms with Gasteiger partial charge in [-0.1, -0.05) is 0 Å². The lowest BCUT2D eigenvalue weighted by atomic mass is 9.82. The number of nitrogens with two attached hydrogens (primary N) is 1. The summed E-state index contributed by atoms with van der Waals surface area (Å²) in [6.07, 6.45) is -14.5.